The van der Waals surface area contributed by atoms with Gasteiger partial charge in [0.15, 0.2) is 10.9 Å². The van der Waals surface area contributed by atoms with Gasteiger partial charge in [-0.2, -0.15) is 0 Å². The standard InChI is InChI=1S/C14H11N3O4S/c18-11-6-2-5-10-12(11)22-14(15-10)16-13(19)8-3-1-4-9(7-8)17(20)21/h1,3-4,7H,2,5-6H2,(H,15,16,19). The number of carbonyl (C=O) groups excluding carboxylic acids is 2. The Balaban J connectivity index is 1.81. The summed E-state index contributed by atoms with van der Waals surface area (Å²) in [5.74, 6) is -0.433. The first-order chi connectivity index (χ1) is 10.5. The van der Waals surface area contributed by atoms with Crippen LogP contribution < -0.4 is 5.32 Å². The van der Waals surface area contributed by atoms with E-state index in [1.807, 2.05) is 0 Å². The van der Waals surface area contributed by atoms with Gasteiger partial charge in [0.25, 0.3) is 11.6 Å². The Morgan fingerprint density at radius 3 is 2.91 bits per heavy atom. The Morgan fingerprint density at radius 1 is 1.36 bits per heavy atom. The molecule has 112 valence electrons. The van der Waals surface area contributed by atoms with Gasteiger partial charge in [-0.3, -0.25) is 25.0 Å². The van der Waals surface area contributed by atoms with E-state index in [0.717, 1.165) is 29.9 Å². The Labute approximate surface area is 129 Å². The number of nitrogens with zero attached hydrogens (tertiary/aromatic N) is 2. The molecule has 0 atom stereocenters. The molecule has 8 heteroatoms. The lowest BCUT2D eigenvalue weighted by Gasteiger charge is -2.05. The maximum atomic E-state index is 12.1. The number of Topliss-reactive ketones (excluding diaryl/α,β-unsaturated/α-hetero) is 1. The van der Waals surface area contributed by atoms with Gasteiger partial charge in [-0.1, -0.05) is 17.4 Å². The maximum absolute atomic E-state index is 12.1. The summed E-state index contributed by atoms with van der Waals surface area (Å²) < 4.78 is 0. The molecule has 1 aliphatic rings. The average molecular weight is 317 g/mol. The number of hydrogen-bond donors (Lipinski definition) is 1. The SMILES string of the molecule is O=C(Nc1nc2c(s1)C(=O)CCC2)c1cccc([N+](=O)[O-])c1. The van der Waals surface area contributed by atoms with Crippen LogP contribution in [0.1, 0.15) is 38.6 Å². The normalized spacial score (nSPS) is 13.5. The zero-order valence-electron chi connectivity index (χ0n) is 11.4. The first-order valence-electron chi connectivity index (χ1n) is 6.63. The fourth-order valence-electron chi connectivity index (χ4n) is 2.25. The Kier molecular flexibility index (Phi) is 3.68. The highest BCUT2D eigenvalue weighted by Gasteiger charge is 2.23. The first-order valence-corrected chi connectivity index (χ1v) is 7.45. The fraction of sp³-hybridized carbons (Fsp3) is 0.214. The Hall–Kier alpha value is -2.61. The Morgan fingerprint density at radius 2 is 2.18 bits per heavy atom. The van der Waals surface area contributed by atoms with Crippen molar-refractivity contribution in [3.05, 3.63) is 50.5 Å². The monoisotopic (exact) mass is 317 g/mol. The number of ketones is 1. The zero-order chi connectivity index (χ0) is 15.7. The molecule has 1 aromatic heterocycles. The number of nitro groups is 1. The third-order valence-corrected chi connectivity index (χ3v) is 4.36. The predicted octanol–water partition coefficient (Wildman–Crippen LogP) is 2.82. The van der Waals surface area contributed by atoms with E-state index in [2.05, 4.69) is 10.3 Å². The number of non-ortho nitro benzene ring substituents is 1. The number of carbonyl (C=O) groups is 2. The summed E-state index contributed by atoms with van der Waals surface area (Å²) >= 11 is 1.15. The first kappa shape index (κ1) is 14.3. The molecule has 7 nitrogen and oxygen atoms in total. The summed E-state index contributed by atoms with van der Waals surface area (Å²) in [6.07, 6.45) is 2.01. The van der Waals surface area contributed by atoms with Crippen molar-refractivity contribution in [3.8, 4) is 0 Å². The molecule has 0 fully saturated rings. The molecule has 2 aromatic rings. The molecule has 0 spiro atoms. The van der Waals surface area contributed by atoms with E-state index in [9.17, 15) is 19.7 Å². The van der Waals surface area contributed by atoms with Crippen molar-refractivity contribution in [2.75, 3.05) is 5.32 Å². The largest absolute Gasteiger partial charge is 0.298 e. The highest BCUT2D eigenvalue weighted by molar-refractivity contribution is 7.17. The van der Waals surface area contributed by atoms with Crippen LogP contribution in [0.15, 0.2) is 24.3 Å². The van der Waals surface area contributed by atoms with Crippen molar-refractivity contribution in [2.24, 2.45) is 0 Å². The molecular weight excluding hydrogens is 306 g/mol. The van der Waals surface area contributed by atoms with Crippen molar-refractivity contribution in [1.82, 2.24) is 4.98 Å². The van der Waals surface area contributed by atoms with E-state index in [0.29, 0.717) is 16.4 Å². The van der Waals surface area contributed by atoms with Gasteiger partial charge in [0, 0.05) is 24.1 Å². The number of nitrogens with one attached hydrogen (secondary N) is 1. The van der Waals surface area contributed by atoms with Crippen LogP contribution in [0.25, 0.3) is 0 Å². The van der Waals surface area contributed by atoms with Gasteiger partial charge in [-0.15, -0.1) is 0 Å². The Bertz CT molecular complexity index is 784. The number of benzene rings is 1. The number of hydrogen-bond acceptors (Lipinski definition) is 6. The molecule has 22 heavy (non-hydrogen) atoms. The quantitative estimate of drug-likeness (QED) is 0.692. The van der Waals surface area contributed by atoms with Crippen LogP contribution in [0, 0.1) is 10.1 Å². The molecule has 3 rings (SSSR count). The van der Waals surface area contributed by atoms with Crippen molar-refractivity contribution in [3.63, 3.8) is 0 Å². The summed E-state index contributed by atoms with van der Waals surface area (Å²) in [6.45, 7) is 0. The summed E-state index contributed by atoms with van der Waals surface area (Å²) in [7, 11) is 0. The third kappa shape index (κ3) is 2.73. The highest BCUT2D eigenvalue weighted by atomic mass is 32.1. The molecule has 1 heterocycles. The van der Waals surface area contributed by atoms with E-state index >= 15 is 0 Å². The van der Waals surface area contributed by atoms with E-state index in [-0.39, 0.29) is 17.0 Å². The number of rotatable bonds is 3. The second-order valence-corrected chi connectivity index (χ2v) is 5.83. The highest BCUT2D eigenvalue weighted by Crippen LogP contribution is 2.29. The molecule has 0 saturated carbocycles. The molecule has 0 aliphatic heterocycles. The van der Waals surface area contributed by atoms with E-state index in [1.165, 1.54) is 24.3 Å². The van der Waals surface area contributed by atoms with Gasteiger partial charge >= 0.3 is 0 Å². The average Bonchev–Trinajstić information content (AvgIpc) is 2.91. The summed E-state index contributed by atoms with van der Waals surface area (Å²) in [6, 6.07) is 5.45. The molecule has 0 saturated heterocycles. The van der Waals surface area contributed by atoms with Crippen molar-refractivity contribution in [2.45, 2.75) is 19.3 Å². The van der Waals surface area contributed by atoms with Crippen LogP contribution in [0.4, 0.5) is 10.8 Å². The van der Waals surface area contributed by atoms with Gasteiger partial charge in [0.1, 0.15) is 0 Å². The fourth-order valence-corrected chi connectivity index (χ4v) is 3.23. The minimum atomic E-state index is -0.558. The van der Waals surface area contributed by atoms with Crippen molar-refractivity contribution in [1.29, 1.82) is 0 Å². The summed E-state index contributed by atoms with van der Waals surface area (Å²) in [5, 5.41) is 13.7. The molecule has 0 radical (unpaired) electrons. The molecule has 0 unspecified atom stereocenters. The van der Waals surface area contributed by atoms with Gasteiger partial charge in [0.2, 0.25) is 0 Å². The van der Waals surface area contributed by atoms with Crippen LogP contribution >= 0.6 is 11.3 Å². The van der Waals surface area contributed by atoms with Gasteiger partial charge < -0.3 is 0 Å². The number of aryl methyl sites for hydroxylation is 1. The number of fused-ring (bicyclic) bond motifs is 1. The molecule has 1 aromatic carbocycles. The van der Waals surface area contributed by atoms with Gasteiger partial charge in [-0.05, 0) is 18.9 Å². The second kappa shape index (κ2) is 5.64. The lowest BCUT2D eigenvalue weighted by atomic mass is 10.0. The van der Waals surface area contributed by atoms with E-state index in [1.54, 1.807) is 0 Å². The third-order valence-electron chi connectivity index (χ3n) is 3.31. The number of anilines is 1. The number of nitro benzene ring substituents is 1. The maximum Gasteiger partial charge on any atom is 0.270 e. The van der Waals surface area contributed by atoms with Crippen molar-refractivity contribution < 1.29 is 14.5 Å². The minimum Gasteiger partial charge on any atom is -0.298 e. The number of amides is 1. The summed E-state index contributed by atoms with van der Waals surface area (Å²) in [4.78, 5) is 38.9. The number of thiazole rings is 1. The van der Waals surface area contributed by atoms with Crippen molar-refractivity contribution >= 4 is 33.8 Å². The van der Waals surface area contributed by atoms with Crippen LogP contribution in [0.5, 0.6) is 0 Å². The van der Waals surface area contributed by atoms with Crippen LogP contribution in [0.2, 0.25) is 0 Å². The van der Waals surface area contributed by atoms with Gasteiger partial charge in [-0.25, -0.2) is 4.98 Å². The molecule has 1 aliphatic carbocycles. The lowest BCUT2D eigenvalue weighted by molar-refractivity contribution is -0.384. The minimum absolute atomic E-state index is 0.0506. The van der Waals surface area contributed by atoms with E-state index < -0.39 is 10.8 Å². The zero-order valence-corrected chi connectivity index (χ0v) is 12.2. The molecule has 1 amide bonds. The molecular formula is C14H11N3O4S. The number of aromatic nitrogens is 1. The van der Waals surface area contributed by atoms with E-state index in [4.69, 9.17) is 0 Å². The summed E-state index contributed by atoms with van der Waals surface area (Å²) in [5.41, 5.74) is 0.741. The van der Waals surface area contributed by atoms with Crippen LogP contribution in [0.3, 0.4) is 0 Å². The molecule has 1 N–H and O–H groups in total. The lowest BCUT2D eigenvalue weighted by Crippen LogP contribution is -2.12. The predicted molar refractivity (Wildman–Crippen MR) is 80.4 cm³/mol. The topological polar surface area (TPSA) is 102 Å². The molecule has 0 bridgehead atoms. The van der Waals surface area contributed by atoms with Crippen LogP contribution in [-0.2, 0) is 6.42 Å². The van der Waals surface area contributed by atoms with Crippen LogP contribution in [-0.4, -0.2) is 21.6 Å². The second-order valence-electron chi connectivity index (χ2n) is 4.83. The van der Waals surface area contributed by atoms with Gasteiger partial charge in [0.05, 0.1) is 15.5 Å². The smallest absolute Gasteiger partial charge is 0.270 e.